The summed E-state index contributed by atoms with van der Waals surface area (Å²) in [4.78, 5) is 22.7. The van der Waals surface area contributed by atoms with Gasteiger partial charge in [0.15, 0.2) is 5.96 Å². The third-order valence-corrected chi connectivity index (χ3v) is 3.60. The molecule has 0 bridgehead atoms. The monoisotopic (exact) mass is 447 g/mol. The molecule has 0 unspecified atom stereocenters. The number of aromatic nitrogens is 1. The number of aliphatic imine (C=N–C) groups is 1. The van der Waals surface area contributed by atoms with Gasteiger partial charge < -0.3 is 20.3 Å². The van der Waals surface area contributed by atoms with Gasteiger partial charge in [0, 0.05) is 25.7 Å². The van der Waals surface area contributed by atoms with E-state index < -0.39 is 0 Å². The predicted molar refractivity (Wildman–Crippen MR) is 105 cm³/mol. The van der Waals surface area contributed by atoms with Crippen LogP contribution in [0.5, 0.6) is 5.88 Å². The van der Waals surface area contributed by atoms with Crippen molar-refractivity contribution in [3.05, 3.63) is 23.9 Å². The van der Waals surface area contributed by atoms with E-state index in [1.807, 2.05) is 24.0 Å². The maximum Gasteiger partial charge on any atom is 0.241 e. The first kappa shape index (κ1) is 20.5. The number of methoxy groups -OCH3 is 1. The number of guanidine groups is 1. The minimum Gasteiger partial charge on any atom is -0.481 e. The number of amides is 1. The van der Waals surface area contributed by atoms with Gasteiger partial charge in [-0.3, -0.25) is 4.79 Å². The molecule has 1 fully saturated rings. The highest BCUT2D eigenvalue weighted by atomic mass is 127. The molecule has 7 nitrogen and oxygen atoms in total. The van der Waals surface area contributed by atoms with Crippen LogP contribution >= 0.6 is 24.0 Å². The average Bonchev–Trinajstić information content (AvgIpc) is 3.12. The van der Waals surface area contributed by atoms with Crippen molar-refractivity contribution < 1.29 is 9.53 Å². The number of ether oxygens (including phenoxy) is 1. The quantitative estimate of drug-likeness (QED) is 0.392. The number of halogens is 1. The molecule has 2 heterocycles. The Labute approximate surface area is 160 Å². The summed E-state index contributed by atoms with van der Waals surface area (Å²) < 4.78 is 5.10. The third kappa shape index (κ3) is 6.50. The van der Waals surface area contributed by atoms with Gasteiger partial charge in [-0.1, -0.05) is 6.07 Å². The van der Waals surface area contributed by atoms with Crippen LogP contribution in [0.25, 0.3) is 0 Å². The Bertz CT molecular complexity index is 547. The van der Waals surface area contributed by atoms with Crippen molar-refractivity contribution >= 4 is 35.8 Å². The standard InChI is InChI=1S/C16H25N5O2.HI/c1-3-17-16(19-12-15(22)21-9-4-5-10-21)18-11-13-7-6-8-14(20-13)23-2;/h6-8H,3-5,9-12H2,1-2H3,(H2,17,18,19);1H. The Morgan fingerprint density at radius 1 is 1.33 bits per heavy atom. The van der Waals surface area contributed by atoms with E-state index in [2.05, 4.69) is 20.6 Å². The molecule has 2 rings (SSSR count). The molecule has 0 spiro atoms. The molecular weight excluding hydrogens is 421 g/mol. The van der Waals surface area contributed by atoms with Crippen LogP contribution in [0.4, 0.5) is 0 Å². The lowest BCUT2D eigenvalue weighted by molar-refractivity contribution is -0.128. The number of hydrogen-bond acceptors (Lipinski definition) is 4. The van der Waals surface area contributed by atoms with Gasteiger partial charge in [-0.15, -0.1) is 24.0 Å². The molecule has 1 aliphatic heterocycles. The fraction of sp³-hybridized carbons (Fsp3) is 0.562. The van der Waals surface area contributed by atoms with Gasteiger partial charge in [-0.05, 0) is 25.8 Å². The van der Waals surface area contributed by atoms with E-state index in [1.165, 1.54) is 0 Å². The first-order valence-corrected chi connectivity index (χ1v) is 8.02. The molecule has 1 aliphatic rings. The molecule has 2 N–H and O–H groups in total. The maximum atomic E-state index is 12.1. The van der Waals surface area contributed by atoms with E-state index >= 15 is 0 Å². The molecule has 134 valence electrons. The van der Waals surface area contributed by atoms with Crippen molar-refractivity contribution in [3.8, 4) is 5.88 Å². The zero-order valence-electron chi connectivity index (χ0n) is 14.2. The fourth-order valence-corrected chi connectivity index (χ4v) is 2.40. The molecule has 1 aromatic rings. The summed E-state index contributed by atoms with van der Waals surface area (Å²) in [6, 6.07) is 5.57. The van der Waals surface area contributed by atoms with Crippen LogP contribution in [0.3, 0.4) is 0 Å². The number of carbonyl (C=O) groups is 1. The van der Waals surface area contributed by atoms with E-state index in [4.69, 9.17) is 4.74 Å². The van der Waals surface area contributed by atoms with Crippen LogP contribution in [-0.4, -0.2) is 55.0 Å². The van der Waals surface area contributed by atoms with Gasteiger partial charge in [0.05, 0.1) is 25.9 Å². The topological polar surface area (TPSA) is 78.9 Å². The van der Waals surface area contributed by atoms with E-state index in [-0.39, 0.29) is 36.4 Å². The molecule has 0 atom stereocenters. The van der Waals surface area contributed by atoms with Crippen LogP contribution in [0.1, 0.15) is 25.5 Å². The van der Waals surface area contributed by atoms with E-state index in [0.717, 1.165) is 38.2 Å². The van der Waals surface area contributed by atoms with Crippen molar-refractivity contribution in [1.82, 2.24) is 20.5 Å². The SMILES string of the molecule is CCNC(=NCc1cccc(OC)n1)NCC(=O)N1CCCC1.I. The zero-order valence-corrected chi connectivity index (χ0v) is 16.6. The van der Waals surface area contributed by atoms with Crippen molar-refractivity contribution in [2.24, 2.45) is 4.99 Å². The Morgan fingerprint density at radius 3 is 2.75 bits per heavy atom. The van der Waals surface area contributed by atoms with Gasteiger partial charge >= 0.3 is 0 Å². The van der Waals surface area contributed by atoms with Gasteiger partial charge in [-0.25, -0.2) is 9.98 Å². The number of nitrogens with zero attached hydrogens (tertiary/aromatic N) is 3. The first-order chi connectivity index (χ1) is 11.2. The number of carbonyl (C=O) groups excluding carboxylic acids is 1. The molecule has 24 heavy (non-hydrogen) atoms. The molecule has 0 saturated carbocycles. The summed E-state index contributed by atoms with van der Waals surface area (Å²) >= 11 is 0. The Kier molecular flexibility index (Phi) is 9.43. The average molecular weight is 447 g/mol. The summed E-state index contributed by atoms with van der Waals surface area (Å²) in [5, 5.41) is 6.22. The predicted octanol–water partition coefficient (Wildman–Crippen LogP) is 1.39. The fourth-order valence-electron chi connectivity index (χ4n) is 2.40. The largest absolute Gasteiger partial charge is 0.481 e. The van der Waals surface area contributed by atoms with Gasteiger partial charge in [0.25, 0.3) is 0 Å². The lowest BCUT2D eigenvalue weighted by Gasteiger charge is -2.17. The summed E-state index contributed by atoms with van der Waals surface area (Å²) in [6.45, 7) is 5.13. The molecule has 0 aliphatic carbocycles. The summed E-state index contributed by atoms with van der Waals surface area (Å²) in [6.07, 6.45) is 2.20. The second-order valence-corrected chi connectivity index (χ2v) is 5.31. The van der Waals surface area contributed by atoms with Crippen LogP contribution < -0.4 is 15.4 Å². The van der Waals surface area contributed by atoms with Crippen LogP contribution in [0.2, 0.25) is 0 Å². The number of nitrogens with one attached hydrogen (secondary N) is 2. The highest BCUT2D eigenvalue weighted by Gasteiger charge is 2.17. The molecule has 1 amide bonds. The molecule has 8 heteroatoms. The minimum absolute atomic E-state index is 0. The van der Waals surface area contributed by atoms with Gasteiger partial charge in [0.1, 0.15) is 0 Å². The summed E-state index contributed by atoms with van der Waals surface area (Å²) in [5.74, 6) is 1.30. The highest BCUT2D eigenvalue weighted by Crippen LogP contribution is 2.08. The van der Waals surface area contributed by atoms with Gasteiger partial charge in [0.2, 0.25) is 11.8 Å². The van der Waals surface area contributed by atoms with Crippen LogP contribution in [-0.2, 0) is 11.3 Å². The lowest BCUT2D eigenvalue weighted by atomic mass is 10.3. The smallest absolute Gasteiger partial charge is 0.241 e. The Balaban J connectivity index is 0.00000288. The Morgan fingerprint density at radius 2 is 2.08 bits per heavy atom. The lowest BCUT2D eigenvalue weighted by Crippen LogP contribution is -2.44. The first-order valence-electron chi connectivity index (χ1n) is 8.02. The number of pyridine rings is 1. The van der Waals surface area contributed by atoms with Crippen molar-refractivity contribution in [2.45, 2.75) is 26.3 Å². The second-order valence-electron chi connectivity index (χ2n) is 5.31. The zero-order chi connectivity index (χ0) is 16.5. The molecular formula is C16H26IN5O2. The van der Waals surface area contributed by atoms with Gasteiger partial charge in [-0.2, -0.15) is 0 Å². The molecule has 1 saturated heterocycles. The molecule has 0 aromatic carbocycles. The van der Waals surface area contributed by atoms with Crippen molar-refractivity contribution in [2.75, 3.05) is 33.3 Å². The maximum absolute atomic E-state index is 12.1. The molecule has 0 radical (unpaired) electrons. The number of likely N-dealkylation sites (tertiary alicyclic amines) is 1. The third-order valence-electron chi connectivity index (χ3n) is 3.60. The second kappa shape index (κ2) is 11.1. The van der Waals surface area contributed by atoms with Crippen molar-refractivity contribution in [3.63, 3.8) is 0 Å². The van der Waals surface area contributed by atoms with Crippen molar-refractivity contribution in [1.29, 1.82) is 0 Å². The highest BCUT2D eigenvalue weighted by molar-refractivity contribution is 14.0. The van der Waals surface area contributed by atoms with E-state index in [1.54, 1.807) is 13.2 Å². The Hall–Kier alpha value is -1.58. The number of hydrogen-bond donors (Lipinski definition) is 2. The minimum atomic E-state index is 0. The summed E-state index contributed by atoms with van der Waals surface area (Å²) in [7, 11) is 1.59. The van der Waals surface area contributed by atoms with Crippen LogP contribution in [0, 0.1) is 0 Å². The summed E-state index contributed by atoms with van der Waals surface area (Å²) in [5.41, 5.74) is 0.812. The van der Waals surface area contributed by atoms with E-state index in [0.29, 0.717) is 18.4 Å². The normalized spacial score (nSPS) is 14.1. The number of rotatable bonds is 6. The van der Waals surface area contributed by atoms with Crippen LogP contribution in [0.15, 0.2) is 23.2 Å². The molecule has 1 aromatic heterocycles. The van der Waals surface area contributed by atoms with E-state index in [9.17, 15) is 4.79 Å².